The third-order valence-corrected chi connectivity index (χ3v) is 4.13. The molecule has 0 amide bonds. The average molecular weight is 277 g/mol. The number of carboxylic acids is 1. The van der Waals surface area contributed by atoms with Crippen molar-refractivity contribution in [1.82, 2.24) is 4.90 Å². The molecule has 0 radical (unpaired) electrons. The second-order valence-electron chi connectivity index (χ2n) is 5.46. The van der Waals surface area contributed by atoms with E-state index in [1.165, 1.54) is 6.42 Å². The summed E-state index contributed by atoms with van der Waals surface area (Å²) >= 11 is 0. The van der Waals surface area contributed by atoms with E-state index in [4.69, 9.17) is 5.11 Å². The Balaban J connectivity index is 2.09. The lowest BCUT2D eigenvalue weighted by Gasteiger charge is -2.37. The van der Waals surface area contributed by atoms with E-state index in [0.717, 1.165) is 31.4 Å². The molecule has 2 unspecified atom stereocenters. The molecule has 2 atom stereocenters. The van der Waals surface area contributed by atoms with Gasteiger partial charge in [0.15, 0.2) is 0 Å². The molecule has 1 aliphatic heterocycles. The standard InChI is InChI=1S/C16H23NO3/c18-11-9-14-8-4-5-10-17(14)12-15(16(19)20)13-6-2-1-3-7-13/h1-3,6-7,14-15,18H,4-5,8-12H2,(H,19,20). The van der Waals surface area contributed by atoms with E-state index in [1.54, 1.807) is 0 Å². The number of hydrogen-bond donors (Lipinski definition) is 2. The largest absolute Gasteiger partial charge is 0.481 e. The topological polar surface area (TPSA) is 60.8 Å². The fraction of sp³-hybridized carbons (Fsp3) is 0.562. The number of nitrogens with zero attached hydrogens (tertiary/aromatic N) is 1. The third-order valence-electron chi connectivity index (χ3n) is 4.13. The van der Waals surface area contributed by atoms with Crippen LogP contribution in [0.2, 0.25) is 0 Å². The highest BCUT2D eigenvalue weighted by molar-refractivity contribution is 5.76. The van der Waals surface area contributed by atoms with Crippen molar-refractivity contribution >= 4 is 5.97 Å². The molecule has 4 heteroatoms. The molecule has 2 N–H and O–H groups in total. The molecule has 0 aromatic heterocycles. The lowest BCUT2D eigenvalue weighted by atomic mass is 9.94. The average Bonchev–Trinajstić information content (AvgIpc) is 2.47. The fourth-order valence-corrected chi connectivity index (χ4v) is 3.02. The van der Waals surface area contributed by atoms with Crippen molar-refractivity contribution in [2.75, 3.05) is 19.7 Å². The Morgan fingerprint density at radius 1 is 1.30 bits per heavy atom. The van der Waals surface area contributed by atoms with Gasteiger partial charge in [0, 0.05) is 19.2 Å². The van der Waals surface area contributed by atoms with E-state index in [9.17, 15) is 9.90 Å². The molecule has 0 saturated carbocycles. The second-order valence-corrected chi connectivity index (χ2v) is 5.46. The van der Waals surface area contributed by atoms with Crippen LogP contribution in [0.1, 0.15) is 37.2 Å². The van der Waals surface area contributed by atoms with Gasteiger partial charge in [0.05, 0.1) is 5.92 Å². The number of likely N-dealkylation sites (tertiary alicyclic amines) is 1. The van der Waals surface area contributed by atoms with Crippen LogP contribution in [-0.2, 0) is 4.79 Å². The summed E-state index contributed by atoms with van der Waals surface area (Å²) in [4.78, 5) is 13.8. The van der Waals surface area contributed by atoms with E-state index in [-0.39, 0.29) is 6.61 Å². The predicted molar refractivity (Wildman–Crippen MR) is 77.7 cm³/mol. The SMILES string of the molecule is O=C(O)C(CN1CCCCC1CCO)c1ccccc1. The number of carbonyl (C=O) groups is 1. The van der Waals surface area contributed by atoms with Gasteiger partial charge in [-0.15, -0.1) is 0 Å². The Kier molecular flexibility index (Phi) is 5.56. The highest BCUT2D eigenvalue weighted by Gasteiger charge is 2.28. The Morgan fingerprint density at radius 3 is 2.70 bits per heavy atom. The van der Waals surface area contributed by atoms with Crippen molar-refractivity contribution in [1.29, 1.82) is 0 Å². The molecule has 1 aromatic rings. The molecule has 4 nitrogen and oxygen atoms in total. The first kappa shape index (κ1) is 15.0. The van der Waals surface area contributed by atoms with Gasteiger partial charge in [0.2, 0.25) is 0 Å². The highest BCUT2D eigenvalue weighted by Crippen LogP contribution is 2.24. The maximum Gasteiger partial charge on any atom is 0.312 e. The minimum absolute atomic E-state index is 0.171. The quantitative estimate of drug-likeness (QED) is 0.836. The van der Waals surface area contributed by atoms with Gasteiger partial charge in [-0.3, -0.25) is 9.69 Å². The Hall–Kier alpha value is -1.39. The summed E-state index contributed by atoms with van der Waals surface area (Å²) in [5.41, 5.74) is 0.855. The van der Waals surface area contributed by atoms with E-state index in [0.29, 0.717) is 12.6 Å². The van der Waals surface area contributed by atoms with E-state index in [2.05, 4.69) is 4.90 Å². The molecule has 1 aliphatic rings. The summed E-state index contributed by atoms with van der Waals surface area (Å²) in [6, 6.07) is 9.74. The summed E-state index contributed by atoms with van der Waals surface area (Å²) in [5, 5.41) is 18.7. The van der Waals surface area contributed by atoms with Crippen LogP contribution in [0, 0.1) is 0 Å². The fourth-order valence-electron chi connectivity index (χ4n) is 3.02. The van der Waals surface area contributed by atoms with Crippen LogP contribution >= 0.6 is 0 Å². The molecule has 1 heterocycles. The molecular formula is C16H23NO3. The lowest BCUT2D eigenvalue weighted by molar-refractivity contribution is -0.139. The maximum absolute atomic E-state index is 11.6. The van der Waals surface area contributed by atoms with E-state index in [1.807, 2.05) is 30.3 Å². The van der Waals surface area contributed by atoms with E-state index < -0.39 is 11.9 Å². The van der Waals surface area contributed by atoms with Crippen LogP contribution in [0.3, 0.4) is 0 Å². The maximum atomic E-state index is 11.6. The third kappa shape index (κ3) is 3.81. The summed E-state index contributed by atoms with van der Waals surface area (Å²) in [6.45, 7) is 1.63. The van der Waals surface area contributed by atoms with Crippen LogP contribution in [0.15, 0.2) is 30.3 Å². The first-order chi connectivity index (χ1) is 9.72. The Morgan fingerprint density at radius 2 is 2.05 bits per heavy atom. The van der Waals surface area contributed by atoms with Crippen molar-refractivity contribution in [2.24, 2.45) is 0 Å². The Bertz CT molecular complexity index is 419. The molecule has 0 spiro atoms. The predicted octanol–water partition coefficient (Wildman–Crippen LogP) is 2.09. The Labute approximate surface area is 120 Å². The number of piperidine rings is 1. The van der Waals surface area contributed by atoms with Gasteiger partial charge in [-0.1, -0.05) is 36.8 Å². The number of hydrogen-bond acceptors (Lipinski definition) is 3. The molecule has 110 valence electrons. The van der Waals surface area contributed by atoms with Gasteiger partial charge in [0.1, 0.15) is 0 Å². The van der Waals surface area contributed by atoms with Gasteiger partial charge < -0.3 is 10.2 Å². The number of rotatable bonds is 6. The minimum Gasteiger partial charge on any atom is -0.481 e. The van der Waals surface area contributed by atoms with Crippen LogP contribution < -0.4 is 0 Å². The number of benzene rings is 1. The van der Waals surface area contributed by atoms with Gasteiger partial charge in [-0.2, -0.15) is 0 Å². The smallest absolute Gasteiger partial charge is 0.312 e. The second kappa shape index (κ2) is 7.41. The first-order valence-electron chi connectivity index (χ1n) is 7.35. The van der Waals surface area contributed by atoms with Crippen LogP contribution in [-0.4, -0.2) is 46.8 Å². The highest BCUT2D eigenvalue weighted by atomic mass is 16.4. The van der Waals surface area contributed by atoms with E-state index >= 15 is 0 Å². The van der Waals surface area contributed by atoms with Gasteiger partial charge in [-0.05, 0) is 31.4 Å². The van der Waals surface area contributed by atoms with Gasteiger partial charge in [0.25, 0.3) is 0 Å². The van der Waals surface area contributed by atoms with Gasteiger partial charge in [-0.25, -0.2) is 0 Å². The number of aliphatic hydroxyl groups is 1. The zero-order valence-electron chi connectivity index (χ0n) is 11.7. The zero-order chi connectivity index (χ0) is 14.4. The molecule has 0 bridgehead atoms. The van der Waals surface area contributed by atoms with Crippen LogP contribution in [0.5, 0.6) is 0 Å². The molecular weight excluding hydrogens is 254 g/mol. The monoisotopic (exact) mass is 277 g/mol. The van der Waals surface area contributed by atoms with Crippen LogP contribution in [0.25, 0.3) is 0 Å². The van der Waals surface area contributed by atoms with Crippen molar-refractivity contribution in [2.45, 2.75) is 37.6 Å². The summed E-state index contributed by atoms with van der Waals surface area (Å²) < 4.78 is 0. The first-order valence-corrected chi connectivity index (χ1v) is 7.35. The van der Waals surface area contributed by atoms with Gasteiger partial charge >= 0.3 is 5.97 Å². The van der Waals surface area contributed by atoms with Crippen molar-refractivity contribution in [3.8, 4) is 0 Å². The number of aliphatic carboxylic acids is 1. The van der Waals surface area contributed by atoms with Crippen molar-refractivity contribution in [3.63, 3.8) is 0 Å². The molecule has 0 aliphatic carbocycles. The zero-order valence-corrected chi connectivity index (χ0v) is 11.7. The minimum atomic E-state index is -0.774. The number of carboxylic acid groups (broad SMARTS) is 1. The number of aliphatic hydroxyl groups excluding tert-OH is 1. The van der Waals surface area contributed by atoms with Crippen LogP contribution in [0.4, 0.5) is 0 Å². The normalized spacial score (nSPS) is 21.6. The summed E-state index contributed by atoms with van der Waals surface area (Å²) in [7, 11) is 0. The van der Waals surface area contributed by atoms with Crippen molar-refractivity contribution < 1.29 is 15.0 Å². The molecule has 1 saturated heterocycles. The molecule has 1 aromatic carbocycles. The summed E-state index contributed by atoms with van der Waals surface area (Å²) in [6.07, 6.45) is 4.08. The summed E-state index contributed by atoms with van der Waals surface area (Å²) in [5.74, 6) is -1.26. The lowest BCUT2D eigenvalue weighted by Crippen LogP contribution is -2.43. The molecule has 1 fully saturated rings. The molecule has 2 rings (SSSR count). The van der Waals surface area contributed by atoms with Crippen molar-refractivity contribution in [3.05, 3.63) is 35.9 Å². The molecule has 20 heavy (non-hydrogen) atoms.